The van der Waals surface area contributed by atoms with E-state index in [-0.39, 0.29) is 24.6 Å². The highest BCUT2D eigenvalue weighted by Crippen LogP contribution is 2.28. The van der Waals surface area contributed by atoms with E-state index >= 15 is 0 Å². The molecule has 1 saturated heterocycles. The summed E-state index contributed by atoms with van der Waals surface area (Å²) in [6.45, 7) is 2.18. The second-order valence-electron chi connectivity index (χ2n) is 4.15. The molecule has 0 spiro atoms. The van der Waals surface area contributed by atoms with E-state index in [4.69, 9.17) is 0 Å². The molecule has 0 radical (unpaired) electrons. The summed E-state index contributed by atoms with van der Waals surface area (Å²) >= 11 is 0. The van der Waals surface area contributed by atoms with Crippen molar-refractivity contribution < 1.29 is 14.5 Å². The highest BCUT2D eigenvalue weighted by molar-refractivity contribution is 6.02. The van der Waals surface area contributed by atoms with Gasteiger partial charge >= 0.3 is 5.69 Å². The normalized spacial score (nSPS) is 14.9. The van der Waals surface area contributed by atoms with Crippen molar-refractivity contribution in [2.24, 2.45) is 0 Å². The van der Waals surface area contributed by atoms with E-state index in [0.717, 1.165) is 0 Å². The first kappa shape index (κ1) is 13.7. The number of carbonyl (C=O) groups excluding carboxylic acids is 2. The smallest absolute Gasteiger partial charge is 0.311 e. The number of imide groups is 1. The Balaban J connectivity index is 2.40. The molecule has 2 amide bonds. The number of carbonyl (C=O) groups is 2. The van der Waals surface area contributed by atoms with Crippen molar-refractivity contribution >= 4 is 29.1 Å². The monoisotopic (exact) mass is 279 g/mol. The van der Waals surface area contributed by atoms with E-state index in [1.165, 1.54) is 17.0 Å². The third-order valence-electron chi connectivity index (χ3n) is 2.66. The topological polar surface area (TPSA) is 117 Å². The highest BCUT2D eigenvalue weighted by Gasteiger charge is 2.29. The zero-order valence-corrected chi connectivity index (χ0v) is 10.8. The van der Waals surface area contributed by atoms with Crippen molar-refractivity contribution in [3.8, 4) is 0 Å². The average molecular weight is 279 g/mol. The fourth-order valence-electron chi connectivity index (χ4n) is 1.88. The summed E-state index contributed by atoms with van der Waals surface area (Å²) in [6, 6.07) is 2.79. The van der Waals surface area contributed by atoms with E-state index in [9.17, 15) is 19.7 Å². The van der Waals surface area contributed by atoms with Crippen molar-refractivity contribution in [3.05, 3.63) is 22.2 Å². The lowest BCUT2D eigenvalue weighted by Crippen LogP contribution is -2.51. The maximum atomic E-state index is 11.4. The van der Waals surface area contributed by atoms with Gasteiger partial charge in [-0.15, -0.1) is 0 Å². The summed E-state index contributed by atoms with van der Waals surface area (Å²) in [6.07, 6.45) is 0. The standard InChI is InChI=1S/C11H13N5O4/c1-2-12-8-4-3-7(16(19)20)11(13-8)15-5-9(17)14-10(18)6-15/h3-4H,2,5-6H2,1H3,(H,12,13)(H,14,17,18). The van der Waals surface area contributed by atoms with Crippen LogP contribution in [-0.4, -0.2) is 41.4 Å². The summed E-state index contributed by atoms with van der Waals surface area (Å²) in [7, 11) is 0. The maximum absolute atomic E-state index is 11.4. The fraction of sp³-hybridized carbons (Fsp3) is 0.364. The summed E-state index contributed by atoms with van der Waals surface area (Å²) in [5.74, 6) is -0.555. The first-order valence-corrected chi connectivity index (χ1v) is 5.98. The fourth-order valence-corrected chi connectivity index (χ4v) is 1.88. The van der Waals surface area contributed by atoms with Gasteiger partial charge in [-0.1, -0.05) is 0 Å². The Labute approximate surface area is 114 Å². The molecule has 2 N–H and O–H groups in total. The molecule has 9 heteroatoms. The third-order valence-corrected chi connectivity index (χ3v) is 2.66. The van der Waals surface area contributed by atoms with Crippen LogP contribution in [-0.2, 0) is 9.59 Å². The van der Waals surface area contributed by atoms with Gasteiger partial charge in [-0.05, 0) is 13.0 Å². The molecule has 2 rings (SSSR count). The lowest BCUT2D eigenvalue weighted by atomic mass is 10.3. The molecular formula is C11H13N5O4. The maximum Gasteiger partial charge on any atom is 0.311 e. The Morgan fingerprint density at radius 1 is 1.40 bits per heavy atom. The van der Waals surface area contributed by atoms with Gasteiger partial charge in [0, 0.05) is 12.6 Å². The molecule has 20 heavy (non-hydrogen) atoms. The predicted molar refractivity (Wildman–Crippen MR) is 70.4 cm³/mol. The molecule has 0 saturated carbocycles. The van der Waals surface area contributed by atoms with Crippen LogP contribution in [0.5, 0.6) is 0 Å². The van der Waals surface area contributed by atoms with Crippen LogP contribution in [0.3, 0.4) is 0 Å². The van der Waals surface area contributed by atoms with E-state index in [2.05, 4.69) is 15.6 Å². The average Bonchev–Trinajstić information content (AvgIpc) is 2.37. The number of pyridine rings is 1. The summed E-state index contributed by atoms with van der Waals surface area (Å²) in [5.41, 5.74) is -0.242. The molecule has 2 heterocycles. The van der Waals surface area contributed by atoms with Crippen LogP contribution >= 0.6 is 0 Å². The molecule has 9 nitrogen and oxygen atoms in total. The van der Waals surface area contributed by atoms with Crippen LogP contribution in [0.15, 0.2) is 12.1 Å². The molecule has 0 aliphatic carbocycles. The molecule has 0 bridgehead atoms. The summed E-state index contributed by atoms with van der Waals surface area (Å²) in [4.78, 5) is 38.6. The largest absolute Gasteiger partial charge is 0.370 e. The predicted octanol–water partition coefficient (Wildman–Crippen LogP) is -0.116. The van der Waals surface area contributed by atoms with E-state index < -0.39 is 16.7 Å². The van der Waals surface area contributed by atoms with Crippen LogP contribution in [0.25, 0.3) is 0 Å². The van der Waals surface area contributed by atoms with E-state index in [0.29, 0.717) is 12.4 Å². The molecule has 106 valence electrons. The number of rotatable bonds is 4. The molecule has 1 aromatic heterocycles. The number of nitro groups is 1. The minimum atomic E-state index is -0.588. The van der Waals surface area contributed by atoms with Gasteiger partial charge in [0.2, 0.25) is 17.6 Å². The van der Waals surface area contributed by atoms with Crippen molar-refractivity contribution in [3.63, 3.8) is 0 Å². The van der Waals surface area contributed by atoms with Gasteiger partial charge in [0.15, 0.2) is 0 Å². The van der Waals surface area contributed by atoms with E-state index in [1.54, 1.807) is 0 Å². The molecule has 1 aromatic rings. The SMILES string of the molecule is CCNc1ccc([N+](=O)[O-])c(N2CC(=O)NC(=O)C2)n1. The molecule has 0 aromatic carbocycles. The molecule has 1 aliphatic rings. The number of hydrogen-bond acceptors (Lipinski definition) is 7. The number of piperazine rings is 1. The Morgan fingerprint density at radius 3 is 2.60 bits per heavy atom. The van der Waals surface area contributed by atoms with Crippen molar-refractivity contribution in [2.45, 2.75) is 6.92 Å². The number of nitrogens with zero attached hydrogens (tertiary/aromatic N) is 3. The summed E-state index contributed by atoms with van der Waals surface area (Å²) in [5, 5.41) is 16.1. The Kier molecular flexibility index (Phi) is 3.78. The van der Waals surface area contributed by atoms with Gasteiger partial charge in [-0.25, -0.2) is 4.98 Å². The van der Waals surface area contributed by atoms with Crippen molar-refractivity contribution in [1.82, 2.24) is 10.3 Å². The van der Waals surface area contributed by atoms with Crippen LogP contribution in [0, 0.1) is 10.1 Å². The van der Waals surface area contributed by atoms with Crippen molar-refractivity contribution in [2.75, 3.05) is 29.9 Å². The minimum Gasteiger partial charge on any atom is -0.370 e. The second-order valence-corrected chi connectivity index (χ2v) is 4.15. The number of hydrogen-bond donors (Lipinski definition) is 2. The van der Waals surface area contributed by atoms with Gasteiger partial charge in [0.25, 0.3) is 0 Å². The number of anilines is 2. The van der Waals surface area contributed by atoms with Gasteiger partial charge in [-0.3, -0.25) is 25.0 Å². The van der Waals surface area contributed by atoms with Gasteiger partial charge < -0.3 is 10.2 Å². The van der Waals surface area contributed by atoms with E-state index in [1.807, 2.05) is 6.92 Å². The second kappa shape index (κ2) is 5.51. The van der Waals surface area contributed by atoms with Crippen molar-refractivity contribution in [1.29, 1.82) is 0 Å². The van der Waals surface area contributed by atoms with Gasteiger partial charge in [0.1, 0.15) is 5.82 Å². The zero-order valence-electron chi connectivity index (χ0n) is 10.8. The Bertz CT molecular complexity index is 558. The summed E-state index contributed by atoms with van der Waals surface area (Å²) < 4.78 is 0. The highest BCUT2D eigenvalue weighted by atomic mass is 16.6. The molecule has 0 unspecified atom stereocenters. The molecule has 1 aliphatic heterocycles. The molecular weight excluding hydrogens is 266 g/mol. The minimum absolute atomic E-state index is 0.0108. The van der Waals surface area contributed by atoms with Gasteiger partial charge in [0.05, 0.1) is 18.0 Å². The quantitative estimate of drug-likeness (QED) is 0.448. The van der Waals surface area contributed by atoms with Crippen LogP contribution in [0.4, 0.5) is 17.3 Å². The third kappa shape index (κ3) is 2.82. The lowest BCUT2D eigenvalue weighted by Gasteiger charge is -2.26. The molecule has 1 fully saturated rings. The van der Waals surface area contributed by atoms with Gasteiger partial charge in [-0.2, -0.15) is 0 Å². The lowest BCUT2D eigenvalue weighted by molar-refractivity contribution is -0.384. The van der Waals surface area contributed by atoms with Crippen LogP contribution in [0.1, 0.15) is 6.92 Å². The number of amides is 2. The molecule has 0 atom stereocenters. The Hall–Kier alpha value is -2.71. The first-order chi connectivity index (χ1) is 9.51. The first-order valence-electron chi connectivity index (χ1n) is 5.98. The Morgan fingerprint density at radius 2 is 2.05 bits per heavy atom. The van der Waals surface area contributed by atoms with Crippen LogP contribution < -0.4 is 15.5 Å². The number of nitrogens with one attached hydrogen (secondary N) is 2. The van der Waals surface area contributed by atoms with Crippen LogP contribution in [0.2, 0.25) is 0 Å². The number of aromatic nitrogens is 1. The zero-order chi connectivity index (χ0) is 14.7.